The number of nitro groups is 1. The van der Waals surface area contributed by atoms with Crippen LogP contribution in [0.2, 0.25) is 0 Å². The van der Waals surface area contributed by atoms with E-state index in [1.54, 1.807) is 12.1 Å². The minimum atomic E-state index is -4.80. The molecule has 31 heavy (non-hydrogen) atoms. The van der Waals surface area contributed by atoms with E-state index in [-0.39, 0.29) is 10.2 Å². The molecule has 0 aliphatic heterocycles. The van der Waals surface area contributed by atoms with Crippen LogP contribution in [0.5, 0.6) is 5.75 Å². The standard InChI is InChI=1S/C22H15BrF3NO4/c1-2-13-3-5-14(6-4-13)15-7-9-17(10-8-15)31-21(28)20-18(23)11-16(22(24,25)26)12-19(20)27(29)30/h3-12H,2H2,1H3. The zero-order valence-corrected chi connectivity index (χ0v) is 17.7. The summed E-state index contributed by atoms with van der Waals surface area (Å²) in [7, 11) is 0. The molecular weight excluding hydrogens is 479 g/mol. The largest absolute Gasteiger partial charge is 0.423 e. The van der Waals surface area contributed by atoms with Gasteiger partial charge in [0.25, 0.3) is 5.69 Å². The van der Waals surface area contributed by atoms with E-state index in [0.717, 1.165) is 17.5 Å². The number of rotatable bonds is 5. The Morgan fingerprint density at radius 3 is 2.06 bits per heavy atom. The van der Waals surface area contributed by atoms with E-state index < -0.39 is 33.9 Å². The van der Waals surface area contributed by atoms with Gasteiger partial charge >= 0.3 is 12.1 Å². The Bertz CT molecular complexity index is 1130. The van der Waals surface area contributed by atoms with Crippen molar-refractivity contribution in [2.75, 3.05) is 0 Å². The van der Waals surface area contributed by atoms with E-state index >= 15 is 0 Å². The molecule has 160 valence electrons. The van der Waals surface area contributed by atoms with E-state index in [4.69, 9.17) is 4.74 Å². The molecule has 9 heteroatoms. The molecule has 0 bridgehead atoms. The van der Waals surface area contributed by atoms with Crippen LogP contribution in [0.3, 0.4) is 0 Å². The lowest BCUT2D eigenvalue weighted by molar-refractivity contribution is -0.385. The van der Waals surface area contributed by atoms with Crippen molar-refractivity contribution in [2.45, 2.75) is 19.5 Å². The quantitative estimate of drug-likeness (QED) is 0.169. The van der Waals surface area contributed by atoms with E-state index in [1.165, 1.54) is 17.7 Å². The minimum Gasteiger partial charge on any atom is -0.423 e. The summed E-state index contributed by atoms with van der Waals surface area (Å²) < 4.78 is 43.6. The molecular formula is C22H15BrF3NO4. The van der Waals surface area contributed by atoms with Gasteiger partial charge in [0.05, 0.1) is 10.5 Å². The number of alkyl halides is 3. The van der Waals surface area contributed by atoms with Gasteiger partial charge in [-0.3, -0.25) is 10.1 Å². The van der Waals surface area contributed by atoms with Crippen LogP contribution in [0.1, 0.15) is 28.4 Å². The highest BCUT2D eigenvalue weighted by atomic mass is 79.9. The summed E-state index contributed by atoms with van der Waals surface area (Å²) >= 11 is 2.82. The first-order valence-corrected chi connectivity index (χ1v) is 9.86. The molecule has 0 aliphatic carbocycles. The Kier molecular flexibility index (Phi) is 6.45. The molecule has 5 nitrogen and oxygen atoms in total. The normalized spacial score (nSPS) is 11.3. The third kappa shape index (κ3) is 5.11. The average molecular weight is 494 g/mol. The smallest absolute Gasteiger partial charge is 0.416 e. The van der Waals surface area contributed by atoms with Gasteiger partial charge in [-0.15, -0.1) is 0 Å². The second-order valence-corrected chi connectivity index (χ2v) is 7.43. The first kappa shape index (κ1) is 22.5. The fourth-order valence-corrected chi connectivity index (χ4v) is 3.52. The van der Waals surface area contributed by atoms with E-state index in [0.29, 0.717) is 12.1 Å². The van der Waals surface area contributed by atoms with Crippen molar-refractivity contribution < 1.29 is 27.6 Å². The summed E-state index contributed by atoms with van der Waals surface area (Å²) in [6, 6.07) is 15.3. The van der Waals surface area contributed by atoms with Gasteiger partial charge in [0, 0.05) is 10.5 Å². The van der Waals surface area contributed by atoms with Crippen molar-refractivity contribution >= 4 is 27.6 Å². The van der Waals surface area contributed by atoms with Gasteiger partial charge in [-0.05, 0) is 57.2 Å². The lowest BCUT2D eigenvalue weighted by Gasteiger charge is -2.11. The van der Waals surface area contributed by atoms with Gasteiger partial charge in [-0.1, -0.05) is 43.3 Å². The molecule has 3 aromatic carbocycles. The highest BCUT2D eigenvalue weighted by Gasteiger charge is 2.36. The molecule has 0 amide bonds. The highest BCUT2D eigenvalue weighted by Crippen LogP contribution is 2.37. The zero-order valence-electron chi connectivity index (χ0n) is 16.1. The molecule has 0 N–H and O–H groups in total. The number of ether oxygens (including phenoxy) is 1. The second-order valence-electron chi connectivity index (χ2n) is 6.57. The summed E-state index contributed by atoms with van der Waals surface area (Å²) in [5, 5.41) is 11.3. The van der Waals surface area contributed by atoms with Crippen LogP contribution in [0.4, 0.5) is 18.9 Å². The van der Waals surface area contributed by atoms with Gasteiger partial charge in [-0.25, -0.2) is 4.79 Å². The van der Waals surface area contributed by atoms with Crippen molar-refractivity contribution in [1.29, 1.82) is 0 Å². The average Bonchev–Trinajstić information content (AvgIpc) is 2.73. The fraction of sp³-hybridized carbons (Fsp3) is 0.136. The number of benzene rings is 3. The van der Waals surface area contributed by atoms with Gasteiger partial charge in [0.15, 0.2) is 5.56 Å². The number of nitrogens with zero attached hydrogens (tertiary/aromatic N) is 1. The number of carbonyl (C=O) groups is 1. The maximum absolute atomic E-state index is 13.0. The van der Waals surface area contributed by atoms with Crippen molar-refractivity contribution in [3.63, 3.8) is 0 Å². The Hall–Kier alpha value is -3.20. The number of carbonyl (C=O) groups excluding carboxylic acids is 1. The summed E-state index contributed by atoms with van der Waals surface area (Å²) in [4.78, 5) is 22.7. The molecule has 0 aromatic heterocycles. The van der Waals surface area contributed by atoms with Crippen molar-refractivity contribution in [1.82, 2.24) is 0 Å². The Morgan fingerprint density at radius 2 is 1.58 bits per heavy atom. The molecule has 0 aliphatic rings. The molecule has 0 spiro atoms. The molecule has 0 radical (unpaired) electrons. The number of hydrogen-bond acceptors (Lipinski definition) is 4. The number of aryl methyl sites for hydroxylation is 1. The predicted octanol–water partition coefficient (Wildman–Crippen LogP) is 6.82. The molecule has 3 aromatic rings. The number of esters is 1. The van der Waals surface area contributed by atoms with Crippen LogP contribution in [-0.4, -0.2) is 10.9 Å². The molecule has 0 unspecified atom stereocenters. The maximum atomic E-state index is 13.0. The van der Waals surface area contributed by atoms with Crippen LogP contribution >= 0.6 is 15.9 Å². The van der Waals surface area contributed by atoms with E-state index in [9.17, 15) is 28.1 Å². The first-order valence-electron chi connectivity index (χ1n) is 9.07. The molecule has 0 heterocycles. The van der Waals surface area contributed by atoms with Crippen LogP contribution in [0, 0.1) is 10.1 Å². The summed E-state index contributed by atoms with van der Waals surface area (Å²) in [6.07, 6.45) is -3.89. The highest BCUT2D eigenvalue weighted by molar-refractivity contribution is 9.10. The van der Waals surface area contributed by atoms with Gasteiger partial charge < -0.3 is 4.74 Å². The zero-order chi connectivity index (χ0) is 22.8. The molecule has 0 saturated heterocycles. The number of halogens is 4. The number of hydrogen-bond donors (Lipinski definition) is 0. The van der Waals surface area contributed by atoms with Gasteiger partial charge in [0.1, 0.15) is 5.75 Å². The van der Waals surface area contributed by atoms with Crippen molar-refractivity contribution in [3.05, 3.63) is 91.9 Å². The van der Waals surface area contributed by atoms with Gasteiger partial charge in [-0.2, -0.15) is 13.2 Å². The van der Waals surface area contributed by atoms with Crippen LogP contribution in [0.15, 0.2) is 65.1 Å². The molecule has 0 saturated carbocycles. The lowest BCUT2D eigenvalue weighted by Crippen LogP contribution is -2.14. The van der Waals surface area contributed by atoms with Crippen molar-refractivity contribution in [2.24, 2.45) is 0 Å². The predicted molar refractivity (Wildman–Crippen MR) is 112 cm³/mol. The molecule has 0 atom stereocenters. The van der Waals surface area contributed by atoms with Crippen LogP contribution < -0.4 is 4.74 Å². The third-order valence-electron chi connectivity index (χ3n) is 4.56. The monoisotopic (exact) mass is 493 g/mol. The Balaban J connectivity index is 1.86. The lowest BCUT2D eigenvalue weighted by atomic mass is 10.0. The fourth-order valence-electron chi connectivity index (χ4n) is 2.91. The second kappa shape index (κ2) is 8.89. The minimum absolute atomic E-state index is 0.0972. The molecule has 0 fully saturated rings. The summed E-state index contributed by atoms with van der Waals surface area (Å²) in [5.74, 6) is -1.05. The first-order chi connectivity index (χ1) is 14.6. The molecule has 3 rings (SSSR count). The topological polar surface area (TPSA) is 69.4 Å². The van der Waals surface area contributed by atoms with Crippen molar-refractivity contribution in [3.8, 4) is 16.9 Å². The maximum Gasteiger partial charge on any atom is 0.416 e. The third-order valence-corrected chi connectivity index (χ3v) is 5.18. The van der Waals surface area contributed by atoms with E-state index in [2.05, 4.69) is 22.9 Å². The number of nitro benzene ring substituents is 1. The Labute approximate surface area is 183 Å². The summed E-state index contributed by atoms with van der Waals surface area (Å²) in [6.45, 7) is 2.05. The Morgan fingerprint density at radius 1 is 1.03 bits per heavy atom. The van der Waals surface area contributed by atoms with Crippen LogP contribution in [0.25, 0.3) is 11.1 Å². The summed E-state index contributed by atoms with van der Waals surface area (Å²) in [5.41, 5.74) is 0.163. The van der Waals surface area contributed by atoms with Gasteiger partial charge in [0.2, 0.25) is 0 Å². The van der Waals surface area contributed by atoms with Crippen LogP contribution in [-0.2, 0) is 12.6 Å². The van der Waals surface area contributed by atoms with E-state index in [1.807, 2.05) is 24.3 Å². The SMILES string of the molecule is CCc1ccc(-c2ccc(OC(=O)c3c(Br)cc(C(F)(F)F)cc3[N+](=O)[O-])cc2)cc1.